The number of nitrogens with one attached hydrogen (secondary N) is 1. The average molecular weight is 248 g/mol. The number of hydrogen-bond acceptors (Lipinski definition) is 5. The molecule has 0 unspecified atom stereocenters. The summed E-state index contributed by atoms with van der Waals surface area (Å²) >= 11 is 0. The summed E-state index contributed by atoms with van der Waals surface area (Å²) in [5, 5.41) is 2.85. The van der Waals surface area contributed by atoms with E-state index in [1.807, 2.05) is 0 Å². The number of methoxy groups -OCH3 is 1. The zero-order chi connectivity index (χ0) is 13.1. The molecule has 0 aliphatic heterocycles. The molecule has 0 aliphatic rings. The number of rotatable bonds is 3. The van der Waals surface area contributed by atoms with Crippen LogP contribution in [-0.2, 0) is 0 Å². The lowest BCUT2D eigenvalue weighted by Crippen LogP contribution is -2.05. The molecule has 18 heavy (non-hydrogen) atoms. The average Bonchev–Trinajstić information content (AvgIpc) is 2.36. The highest BCUT2D eigenvalue weighted by molar-refractivity contribution is 5.73. The van der Waals surface area contributed by atoms with Crippen LogP contribution in [-0.4, -0.2) is 17.1 Å². The van der Waals surface area contributed by atoms with E-state index in [-0.39, 0.29) is 17.4 Å². The molecular formula is C12H13FN4O. The number of hydrogen-bond donors (Lipinski definition) is 2. The maximum Gasteiger partial charge on any atom is 0.242 e. The van der Waals surface area contributed by atoms with Gasteiger partial charge in [0.15, 0.2) is 5.82 Å². The second-order valence-electron chi connectivity index (χ2n) is 3.70. The topological polar surface area (TPSA) is 73.1 Å². The van der Waals surface area contributed by atoms with Crippen molar-refractivity contribution in [3.8, 4) is 5.88 Å². The van der Waals surface area contributed by atoms with Crippen molar-refractivity contribution in [3.05, 3.63) is 35.9 Å². The Kier molecular flexibility index (Phi) is 3.27. The summed E-state index contributed by atoms with van der Waals surface area (Å²) in [7, 11) is 1.46. The van der Waals surface area contributed by atoms with Gasteiger partial charge in [-0.15, -0.1) is 0 Å². The van der Waals surface area contributed by atoms with E-state index in [1.54, 1.807) is 19.1 Å². The first-order valence-corrected chi connectivity index (χ1v) is 5.30. The van der Waals surface area contributed by atoms with Crippen LogP contribution >= 0.6 is 0 Å². The SMILES string of the molecule is COc1ncnc(Nc2c(C)cccc2F)c1N. The summed E-state index contributed by atoms with van der Waals surface area (Å²) in [6.07, 6.45) is 1.30. The Labute approximate surface area is 104 Å². The van der Waals surface area contributed by atoms with E-state index in [1.165, 1.54) is 19.5 Å². The number of anilines is 3. The Balaban J connectivity index is 2.40. The van der Waals surface area contributed by atoms with E-state index in [4.69, 9.17) is 10.5 Å². The lowest BCUT2D eigenvalue weighted by Gasteiger charge is -2.12. The van der Waals surface area contributed by atoms with Gasteiger partial charge in [0.1, 0.15) is 17.8 Å². The molecule has 2 aromatic rings. The molecule has 0 saturated carbocycles. The van der Waals surface area contributed by atoms with Gasteiger partial charge in [-0.3, -0.25) is 0 Å². The van der Waals surface area contributed by atoms with Crippen molar-refractivity contribution in [3.63, 3.8) is 0 Å². The molecule has 3 N–H and O–H groups in total. The summed E-state index contributed by atoms with van der Waals surface area (Å²) in [5.41, 5.74) is 7.14. The smallest absolute Gasteiger partial charge is 0.242 e. The van der Waals surface area contributed by atoms with Gasteiger partial charge in [-0.25, -0.2) is 9.37 Å². The monoisotopic (exact) mass is 248 g/mol. The van der Waals surface area contributed by atoms with Crippen LogP contribution < -0.4 is 15.8 Å². The summed E-state index contributed by atoms with van der Waals surface area (Å²) in [4.78, 5) is 7.82. The third-order valence-electron chi connectivity index (χ3n) is 2.51. The fraction of sp³-hybridized carbons (Fsp3) is 0.167. The van der Waals surface area contributed by atoms with Gasteiger partial charge in [0, 0.05) is 0 Å². The molecule has 94 valence electrons. The lowest BCUT2D eigenvalue weighted by molar-refractivity contribution is 0.399. The highest BCUT2D eigenvalue weighted by atomic mass is 19.1. The predicted molar refractivity (Wildman–Crippen MR) is 67.4 cm³/mol. The van der Waals surface area contributed by atoms with Gasteiger partial charge >= 0.3 is 0 Å². The minimum atomic E-state index is -0.369. The van der Waals surface area contributed by atoms with Crippen molar-refractivity contribution in [2.75, 3.05) is 18.2 Å². The maximum absolute atomic E-state index is 13.7. The van der Waals surface area contributed by atoms with E-state index in [0.717, 1.165) is 5.56 Å². The van der Waals surface area contributed by atoms with Gasteiger partial charge < -0.3 is 15.8 Å². The van der Waals surface area contributed by atoms with Gasteiger partial charge in [-0.2, -0.15) is 4.98 Å². The largest absolute Gasteiger partial charge is 0.479 e. The molecule has 0 saturated heterocycles. The van der Waals surface area contributed by atoms with Crippen LogP contribution in [0.15, 0.2) is 24.5 Å². The molecule has 1 aromatic heterocycles. The summed E-state index contributed by atoms with van der Waals surface area (Å²) in [6, 6.07) is 4.80. The fourth-order valence-electron chi connectivity index (χ4n) is 1.55. The molecule has 2 rings (SSSR count). The number of halogens is 1. The van der Waals surface area contributed by atoms with Crippen LogP contribution in [0.2, 0.25) is 0 Å². The van der Waals surface area contributed by atoms with Crippen LogP contribution in [0, 0.1) is 12.7 Å². The predicted octanol–water partition coefficient (Wildman–Crippen LogP) is 2.26. The Hall–Kier alpha value is -2.37. The van der Waals surface area contributed by atoms with Crippen LogP contribution in [0.3, 0.4) is 0 Å². The number of ether oxygens (including phenoxy) is 1. The molecule has 0 amide bonds. The van der Waals surface area contributed by atoms with E-state index in [2.05, 4.69) is 15.3 Å². The fourth-order valence-corrected chi connectivity index (χ4v) is 1.55. The van der Waals surface area contributed by atoms with Crippen LogP contribution in [0.25, 0.3) is 0 Å². The normalized spacial score (nSPS) is 10.2. The second kappa shape index (κ2) is 4.87. The minimum Gasteiger partial charge on any atom is -0.479 e. The van der Waals surface area contributed by atoms with Crippen LogP contribution in [0.1, 0.15) is 5.56 Å². The third kappa shape index (κ3) is 2.17. The van der Waals surface area contributed by atoms with Gasteiger partial charge in [0.05, 0.1) is 12.8 Å². The van der Waals surface area contributed by atoms with Gasteiger partial charge in [0.25, 0.3) is 0 Å². The Bertz CT molecular complexity index is 554. The summed E-state index contributed by atoms with van der Waals surface area (Å²) < 4.78 is 18.6. The number of nitrogens with two attached hydrogens (primary N) is 1. The van der Waals surface area contributed by atoms with Gasteiger partial charge in [-0.1, -0.05) is 12.1 Å². The first-order valence-electron chi connectivity index (χ1n) is 5.30. The molecular weight excluding hydrogens is 235 g/mol. The molecule has 0 aliphatic carbocycles. The number of nitrogen functional groups attached to an aromatic ring is 1. The molecule has 6 heteroatoms. The molecule has 0 bridgehead atoms. The molecule has 0 atom stereocenters. The van der Waals surface area contributed by atoms with E-state index >= 15 is 0 Å². The first kappa shape index (κ1) is 12.1. The molecule has 0 radical (unpaired) electrons. The standard InChI is InChI=1S/C12H13FN4O/c1-7-4-3-5-8(13)10(7)17-11-9(14)12(18-2)16-6-15-11/h3-6H,14H2,1-2H3,(H,15,16,17). The lowest BCUT2D eigenvalue weighted by atomic mass is 10.2. The number of nitrogens with zero attached hydrogens (tertiary/aromatic N) is 2. The number of aromatic nitrogens is 2. The quantitative estimate of drug-likeness (QED) is 0.871. The second-order valence-corrected chi connectivity index (χ2v) is 3.70. The highest BCUT2D eigenvalue weighted by Crippen LogP contribution is 2.29. The first-order chi connectivity index (χ1) is 8.63. The Morgan fingerprint density at radius 1 is 1.33 bits per heavy atom. The minimum absolute atomic E-state index is 0.239. The zero-order valence-electron chi connectivity index (χ0n) is 10.1. The van der Waals surface area contributed by atoms with Crippen LogP contribution in [0.4, 0.5) is 21.6 Å². The molecule has 0 spiro atoms. The van der Waals surface area contributed by atoms with Crippen molar-refractivity contribution in [2.24, 2.45) is 0 Å². The molecule has 1 heterocycles. The van der Waals surface area contributed by atoms with Crippen molar-refractivity contribution in [1.29, 1.82) is 0 Å². The van der Waals surface area contributed by atoms with E-state index in [0.29, 0.717) is 11.5 Å². The van der Waals surface area contributed by atoms with Crippen molar-refractivity contribution in [1.82, 2.24) is 9.97 Å². The third-order valence-corrected chi connectivity index (χ3v) is 2.51. The van der Waals surface area contributed by atoms with Crippen LogP contribution in [0.5, 0.6) is 5.88 Å². The Morgan fingerprint density at radius 2 is 2.11 bits per heavy atom. The van der Waals surface area contributed by atoms with Crippen molar-refractivity contribution < 1.29 is 9.13 Å². The number of aryl methyl sites for hydroxylation is 1. The number of para-hydroxylation sites is 1. The molecule has 5 nitrogen and oxygen atoms in total. The van der Waals surface area contributed by atoms with Crippen molar-refractivity contribution in [2.45, 2.75) is 6.92 Å². The summed E-state index contributed by atoms with van der Waals surface area (Å²) in [5.74, 6) is 0.198. The maximum atomic E-state index is 13.7. The zero-order valence-corrected chi connectivity index (χ0v) is 10.1. The van der Waals surface area contributed by atoms with Gasteiger partial charge in [-0.05, 0) is 18.6 Å². The Morgan fingerprint density at radius 3 is 2.78 bits per heavy atom. The van der Waals surface area contributed by atoms with Crippen molar-refractivity contribution >= 4 is 17.2 Å². The van der Waals surface area contributed by atoms with E-state index < -0.39 is 0 Å². The summed E-state index contributed by atoms with van der Waals surface area (Å²) in [6.45, 7) is 1.79. The number of benzene rings is 1. The van der Waals surface area contributed by atoms with E-state index in [9.17, 15) is 4.39 Å². The van der Waals surface area contributed by atoms with Gasteiger partial charge in [0.2, 0.25) is 5.88 Å². The highest BCUT2D eigenvalue weighted by Gasteiger charge is 2.11. The molecule has 1 aromatic carbocycles. The molecule has 0 fully saturated rings.